The second-order valence-electron chi connectivity index (χ2n) is 5.22. The Morgan fingerprint density at radius 1 is 1.47 bits per heavy atom. The number of aromatic nitrogens is 2. The molecule has 0 unspecified atom stereocenters. The van der Waals surface area contributed by atoms with Crippen LogP contribution in [0.15, 0.2) is 11.1 Å². The summed E-state index contributed by atoms with van der Waals surface area (Å²) in [6.07, 6.45) is 7.74. The Labute approximate surface area is 101 Å². The number of nitrogens with one attached hydrogen (secondary N) is 2. The zero-order valence-electron chi connectivity index (χ0n) is 10.3. The van der Waals surface area contributed by atoms with Crippen molar-refractivity contribution < 1.29 is 0 Å². The largest absolute Gasteiger partial charge is 0.391 e. The molecular weight excluding hydrogens is 216 g/mol. The van der Waals surface area contributed by atoms with Gasteiger partial charge in [0.05, 0.1) is 6.33 Å². The van der Waals surface area contributed by atoms with Crippen LogP contribution in [0.4, 0.5) is 11.5 Å². The van der Waals surface area contributed by atoms with Gasteiger partial charge in [0.15, 0.2) is 5.82 Å². The van der Waals surface area contributed by atoms with E-state index in [0.717, 1.165) is 6.54 Å². The molecule has 94 valence electrons. The molecule has 1 aromatic rings. The zero-order chi connectivity index (χ0) is 12.3. The van der Waals surface area contributed by atoms with Gasteiger partial charge in [-0.05, 0) is 18.3 Å². The van der Waals surface area contributed by atoms with Gasteiger partial charge in [-0.15, -0.1) is 0 Å². The van der Waals surface area contributed by atoms with Crippen LogP contribution in [0.3, 0.4) is 0 Å². The quantitative estimate of drug-likeness (QED) is 0.746. The second-order valence-corrected chi connectivity index (χ2v) is 5.22. The van der Waals surface area contributed by atoms with Crippen LogP contribution in [-0.2, 0) is 0 Å². The number of H-pyrrole nitrogens is 1. The molecule has 0 atom stereocenters. The monoisotopic (exact) mass is 236 g/mol. The third-order valence-electron chi connectivity index (χ3n) is 3.63. The van der Waals surface area contributed by atoms with Crippen LogP contribution in [0.2, 0.25) is 0 Å². The fraction of sp³-hybridized carbons (Fsp3) is 0.667. The molecule has 0 saturated heterocycles. The molecule has 0 spiro atoms. The van der Waals surface area contributed by atoms with Crippen molar-refractivity contribution in [1.29, 1.82) is 0 Å². The van der Waals surface area contributed by atoms with Gasteiger partial charge in [0.25, 0.3) is 5.56 Å². The number of nitrogens with zero attached hydrogens (tertiary/aromatic N) is 1. The highest BCUT2D eigenvalue weighted by atomic mass is 16.1. The SMILES string of the molecule is CC1(CNc2nc[nH]c(=O)c2N)CCCCC1. The van der Waals surface area contributed by atoms with E-state index in [1.54, 1.807) is 0 Å². The van der Waals surface area contributed by atoms with Crippen LogP contribution in [0.5, 0.6) is 0 Å². The Balaban J connectivity index is 2.02. The maximum atomic E-state index is 11.3. The Morgan fingerprint density at radius 3 is 2.88 bits per heavy atom. The summed E-state index contributed by atoms with van der Waals surface area (Å²) >= 11 is 0. The van der Waals surface area contributed by atoms with E-state index in [1.165, 1.54) is 38.4 Å². The van der Waals surface area contributed by atoms with Crippen LogP contribution in [0.1, 0.15) is 39.0 Å². The number of hydrogen-bond donors (Lipinski definition) is 3. The molecule has 4 N–H and O–H groups in total. The van der Waals surface area contributed by atoms with E-state index in [9.17, 15) is 4.79 Å². The lowest BCUT2D eigenvalue weighted by atomic mass is 9.76. The number of anilines is 2. The summed E-state index contributed by atoms with van der Waals surface area (Å²) < 4.78 is 0. The maximum Gasteiger partial charge on any atom is 0.276 e. The number of aromatic amines is 1. The van der Waals surface area contributed by atoms with Crippen molar-refractivity contribution in [1.82, 2.24) is 9.97 Å². The van der Waals surface area contributed by atoms with Crippen molar-refractivity contribution in [2.75, 3.05) is 17.6 Å². The fourth-order valence-corrected chi connectivity index (χ4v) is 2.43. The summed E-state index contributed by atoms with van der Waals surface area (Å²) in [5.74, 6) is 0.501. The molecule has 0 bridgehead atoms. The molecule has 17 heavy (non-hydrogen) atoms. The van der Waals surface area contributed by atoms with Gasteiger partial charge in [-0.25, -0.2) is 4.98 Å². The standard InChI is InChI=1S/C12H20N4O/c1-12(5-3-2-4-6-12)7-14-10-9(13)11(17)16-8-15-10/h8H,2-7,13H2,1H3,(H2,14,15,16,17). The third kappa shape index (κ3) is 2.78. The third-order valence-corrected chi connectivity index (χ3v) is 3.63. The van der Waals surface area contributed by atoms with Crippen molar-refractivity contribution in [3.63, 3.8) is 0 Å². The second kappa shape index (κ2) is 4.77. The van der Waals surface area contributed by atoms with Crippen LogP contribution in [0, 0.1) is 5.41 Å². The summed E-state index contributed by atoms with van der Waals surface area (Å²) in [6, 6.07) is 0. The highest BCUT2D eigenvalue weighted by molar-refractivity contribution is 5.58. The van der Waals surface area contributed by atoms with E-state index < -0.39 is 0 Å². The Bertz CT molecular complexity index is 434. The molecule has 1 aliphatic carbocycles. The molecular formula is C12H20N4O. The average Bonchev–Trinajstić information content (AvgIpc) is 2.32. The lowest BCUT2D eigenvalue weighted by Gasteiger charge is -2.33. The molecule has 5 nitrogen and oxygen atoms in total. The molecule has 1 aromatic heterocycles. The van der Waals surface area contributed by atoms with Crippen LogP contribution < -0.4 is 16.6 Å². The summed E-state index contributed by atoms with van der Waals surface area (Å²) in [5, 5.41) is 3.21. The molecule has 0 aromatic carbocycles. The van der Waals surface area contributed by atoms with Crippen LogP contribution in [0.25, 0.3) is 0 Å². The molecule has 0 aliphatic heterocycles. The Hall–Kier alpha value is -1.52. The molecule has 0 amide bonds. The predicted molar refractivity (Wildman–Crippen MR) is 69.0 cm³/mol. The van der Waals surface area contributed by atoms with E-state index >= 15 is 0 Å². The summed E-state index contributed by atoms with van der Waals surface area (Å²) in [5.41, 5.74) is 5.87. The Kier molecular flexibility index (Phi) is 3.36. The molecule has 2 rings (SSSR count). The topological polar surface area (TPSA) is 83.8 Å². The van der Waals surface area contributed by atoms with Crippen molar-refractivity contribution in [2.45, 2.75) is 39.0 Å². The van der Waals surface area contributed by atoms with Crippen molar-refractivity contribution in [3.8, 4) is 0 Å². The van der Waals surface area contributed by atoms with Gasteiger partial charge in [-0.2, -0.15) is 0 Å². The molecule has 1 aliphatic rings. The first kappa shape index (κ1) is 12.0. The Morgan fingerprint density at radius 2 is 2.18 bits per heavy atom. The van der Waals surface area contributed by atoms with Gasteiger partial charge in [0.1, 0.15) is 5.69 Å². The molecule has 1 fully saturated rings. The lowest BCUT2D eigenvalue weighted by molar-refractivity contribution is 0.233. The number of rotatable bonds is 3. The lowest BCUT2D eigenvalue weighted by Crippen LogP contribution is -2.30. The normalized spacial score (nSPS) is 18.9. The highest BCUT2D eigenvalue weighted by Crippen LogP contribution is 2.35. The highest BCUT2D eigenvalue weighted by Gasteiger charge is 2.26. The molecule has 5 heteroatoms. The van der Waals surface area contributed by atoms with Gasteiger partial charge >= 0.3 is 0 Å². The van der Waals surface area contributed by atoms with Gasteiger partial charge < -0.3 is 16.0 Å². The summed E-state index contributed by atoms with van der Waals surface area (Å²) in [6.45, 7) is 3.11. The van der Waals surface area contributed by atoms with Crippen molar-refractivity contribution in [2.24, 2.45) is 5.41 Å². The minimum atomic E-state index is -0.281. The van der Waals surface area contributed by atoms with Gasteiger partial charge in [-0.3, -0.25) is 4.79 Å². The first-order valence-electron chi connectivity index (χ1n) is 6.18. The van der Waals surface area contributed by atoms with Crippen LogP contribution in [-0.4, -0.2) is 16.5 Å². The number of nitrogen functional groups attached to an aromatic ring is 1. The van der Waals surface area contributed by atoms with Gasteiger partial charge in [-0.1, -0.05) is 26.2 Å². The first-order chi connectivity index (χ1) is 8.11. The van der Waals surface area contributed by atoms with Gasteiger partial charge in [0, 0.05) is 6.54 Å². The maximum absolute atomic E-state index is 11.3. The van der Waals surface area contributed by atoms with E-state index in [4.69, 9.17) is 5.73 Å². The summed E-state index contributed by atoms with van der Waals surface area (Å²) in [7, 11) is 0. The molecule has 1 heterocycles. The number of nitrogens with two attached hydrogens (primary N) is 1. The predicted octanol–water partition coefficient (Wildman–Crippen LogP) is 1.73. The fourth-order valence-electron chi connectivity index (χ4n) is 2.43. The van der Waals surface area contributed by atoms with E-state index in [0.29, 0.717) is 11.2 Å². The average molecular weight is 236 g/mol. The minimum Gasteiger partial charge on any atom is -0.391 e. The van der Waals surface area contributed by atoms with E-state index in [1.807, 2.05) is 0 Å². The molecule has 1 saturated carbocycles. The molecule has 0 radical (unpaired) electrons. The zero-order valence-corrected chi connectivity index (χ0v) is 10.3. The first-order valence-corrected chi connectivity index (χ1v) is 6.18. The van der Waals surface area contributed by atoms with Crippen molar-refractivity contribution in [3.05, 3.63) is 16.7 Å². The summed E-state index contributed by atoms with van der Waals surface area (Å²) in [4.78, 5) is 17.8. The van der Waals surface area contributed by atoms with Crippen molar-refractivity contribution >= 4 is 11.5 Å². The number of hydrogen-bond acceptors (Lipinski definition) is 4. The van der Waals surface area contributed by atoms with Crippen LogP contribution >= 0.6 is 0 Å². The van der Waals surface area contributed by atoms with E-state index in [2.05, 4.69) is 22.2 Å². The van der Waals surface area contributed by atoms with E-state index in [-0.39, 0.29) is 11.2 Å². The smallest absolute Gasteiger partial charge is 0.276 e. The van der Waals surface area contributed by atoms with Gasteiger partial charge in [0.2, 0.25) is 0 Å². The minimum absolute atomic E-state index is 0.173.